The quantitative estimate of drug-likeness (QED) is 0.399. The zero-order valence-electron chi connectivity index (χ0n) is 17.7. The molecule has 0 amide bonds. The first-order valence-corrected chi connectivity index (χ1v) is 11.6. The van der Waals surface area contributed by atoms with Crippen molar-refractivity contribution in [3.05, 3.63) is 90.1 Å². The van der Waals surface area contributed by atoms with E-state index in [1.54, 1.807) is 36.5 Å². The van der Waals surface area contributed by atoms with Crippen molar-refractivity contribution in [2.45, 2.75) is 12.0 Å². The molecule has 3 aromatic heterocycles. The highest BCUT2D eigenvalue weighted by Gasteiger charge is 2.44. The van der Waals surface area contributed by atoms with Crippen LogP contribution in [0.4, 0.5) is 8.78 Å². The van der Waals surface area contributed by atoms with Gasteiger partial charge in [0, 0.05) is 46.5 Å². The number of hydrogen-bond acceptors (Lipinski definition) is 7. The number of rotatable bonds is 2. The molecule has 0 aliphatic carbocycles. The number of aromatic nitrogens is 3. The zero-order chi connectivity index (χ0) is 23.3. The predicted octanol–water partition coefficient (Wildman–Crippen LogP) is 5.28. The summed E-state index contributed by atoms with van der Waals surface area (Å²) in [7, 11) is 0. The lowest BCUT2D eigenvalue weighted by atomic mass is 9.77. The van der Waals surface area contributed by atoms with Crippen LogP contribution in [0.1, 0.15) is 17.5 Å². The van der Waals surface area contributed by atoms with Crippen molar-refractivity contribution >= 4 is 16.9 Å². The molecule has 9 heteroatoms. The third-order valence-electron chi connectivity index (χ3n) is 6.07. The first kappa shape index (κ1) is 20.7. The minimum absolute atomic E-state index is 0.385. The Labute approximate surface area is 198 Å². The lowest BCUT2D eigenvalue weighted by Crippen LogP contribution is -2.35. The molecule has 168 valence electrons. The Kier molecular flexibility index (Phi) is 4.80. The van der Waals surface area contributed by atoms with Crippen molar-refractivity contribution < 1.29 is 13.5 Å². The third kappa shape index (κ3) is 3.31. The van der Waals surface area contributed by atoms with Crippen LogP contribution in [-0.2, 0) is 5.54 Å². The molecule has 1 aromatic carbocycles. The predicted molar refractivity (Wildman–Crippen MR) is 127 cm³/mol. The van der Waals surface area contributed by atoms with E-state index in [0.717, 1.165) is 16.9 Å². The van der Waals surface area contributed by atoms with Gasteiger partial charge in [-0.1, -0.05) is 17.8 Å². The second-order valence-corrected chi connectivity index (χ2v) is 9.11. The van der Waals surface area contributed by atoms with E-state index in [4.69, 9.17) is 15.5 Å². The largest absolute Gasteiger partial charge is 0.455 e. The van der Waals surface area contributed by atoms with Crippen LogP contribution in [-0.4, -0.2) is 25.9 Å². The molecule has 0 fully saturated rings. The maximum atomic E-state index is 14.5. The summed E-state index contributed by atoms with van der Waals surface area (Å²) in [5.41, 5.74) is 9.12. The molecule has 34 heavy (non-hydrogen) atoms. The van der Waals surface area contributed by atoms with Crippen molar-refractivity contribution in [1.82, 2.24) is 15.0 Å². The highest BCUT2D eigenvalue weighted by atomic mass is 32.2. The molecule has 6 rings (SSSR count). The lowest BCUT2D eigenvalue weighted by Gasteiger charge is -2.39. The second kappa shape index (κ2) is 7.88. The fraction of sp³-hybridized carbons (Fsp3) is 0.120. The Hall–Kier alpha value is -3.85. The number of aliphatic imine (C=N–C) groups is 1. The number of amidine groups is 1. The summed E-state index contributed by atoms with van der Waals surface area (Å²) in [6.07, 6.45) is 5.08. The van der Waals surface area contributed by atoms with E-state index in [1.165, 1.54) is 30.2 Å². The van der Waals surface area contributed by atoms with Gasteiger partial charge in [0.1, 0.15) is 11.3 Å². The molecule has 4 aromatic rings. The molecule has 1 atom stereocenters. The normalized spacial score (nSPS) is 18.6. The van der Waals surface area contributed by atoms with Crippen molar-refractivity contribution in [1.29, 1.82) is 0 Å². The molecule has 0 bridgehead atoms. The van der Waals surface area contributed by atoms with E-state index >= 15 is 0 Å². The van der Waals surface area contributed by atoms with E-state index in [9.17, 15) is 8.78 Å². The number of benzene rings is 1. The van der Waals surface area contributed by atoms with E-state index in [1.807, 2.05) is 12.1 Å². The Morgan fingerprint density at radius 1 is 0.912 bits per heavy atom. The zero-order valence-corrected chi connectivity index (χ0v) is 18.5. The van der Waals surface area contributed by atoms with Crippen LogP contribution in [0.5, 0.6) is 11.5 Å². The molecular formula is C25H17F2N5OS. The van der Waals surface area contributed by atoms with Gasteiger partial charge < -0.3 is 10.5 Å². The van der Waals surface area contributed by atoms with Crippen LogP contribution in [0.15, 0.2) is 72.1 Å². The van der Waals surface area contributed by atoms with Crippen molar-refractivity contribution in [2.24, 2.45) is 10.7 Å². The topological polar surface area (TPSA) is 86.3 Å². The van der Waals surface area contributed by atoms with Crippen molar-refractivity contribution in [2.75, 3.05) is 5.75 Å². The first-order valence-electron chi connectivity index (χ1n) is 10.6. The number of ether oxygens (including phenoxy) is 1. The molecule has 2 N–H and O–H groups in total. The molecule has 0 radical (unpaired) electrons. The van der Waals surface area contributed by atoms with E-state index in [2.05, 4.69) is 15.0 Å². The highest BCUT2D eigenvalue weighted by molar-refractivity contribution is 8.13. The number of hydrogen-bond donors (Lipinski definition) is 1. The van der Waals surface area contributed by atoms with Gasteiger partial charge in [-0.3, -0.25) is 4.98 Å². The molecular weight excluding hydrogens is 456 g/mol. The average Bonchev–Trinajstić information content (AvgIpc) is 2.84. The molecule has 0 saturated carbocycles. The molecule has 2 aliphatic heterocycles. The summed E-state index contributed by atoms with van der Waals surface area (Å²) in [5.74, 6) is 0.749. The maximum Gasteiger partial charge on any atom is 0.220 e. The summed E-state index contributed by atoms with van der Waals surface area (Å²) in [6, 6.07) is 13.7. The molecule has 6 nitrogen and oxygen atoms in total. The van der Waals surface area contributed by atoms with Gasteiger partial charge in [0.25, 0.3) is 0 Å². The van der Waals surface area contributed by atoms with Crippen LogP contribution in [0, 0.1) is 11.9 Å². The minimum atomic E-state index is -0.851. The number of fused-ring (bicyclic) bond motifs is 4. The third-order valence-corrected chi connectivity index (χ3v) is 6.86. The number of nitrogens with zero attached hydrogens (tertiary/aromatic N) is 4. The van der Waals surface area contributed by atoms with Crippen LogP contribution in [0.25, 0.3) is 22.4 Å². The SMILES string of the molecule is NC1=N[C@]2(CCS1)c1cc(-c3cccnc3F)ccc1Oc1cnc(-c3ccnc(F)c3)cc12. The number of nitrogens with two attached hydrogens (primary N) is 1. The van der Waals surface area contributed by atoms with Crippen LogP contribution in [0.2, 0.25) is 0 Å². The lowest BCUT2D eigenvalue weighted by molar-refractivity contribution is 0.390. The fourth-order valence-electron chi connectivity index (χ4n) is 4.51. The van der Waals surface area contributed by atoms with Crippen LogP contribution >= 0.6 is 11.8 Å². The summed E-state index contributed by atoms with van der Waals surface area (Å²) >= 11 is 1.48. The minimum Gasteiger partial charge on any atom is -0.455 e. The summed E-state index contributed by atoms with van der Waals surface area (Å²) in [6.45, 7) is 0. The molecule has 1 spiro atoms. The highest BCUT2D eigenvalue weighted by Crippen LogP contribution is 2.54. The number of pyridine rings is 3. The van der Waals surface area contributed by atoms with E-state index in [-0.39, 0.29) is 0 Å². The smallest absolute Gasteiger partial charge is 0.220 e. The Morgan fingerprint density at radius 3 is 2.62 bits per heavy atom. The van der Waals surface area contributed by atoms with Crippen LogP contribution < -0.4 is 10.5 Å². The summed E-state index contributed by atoms with van der Waals surface area (Å²) in [4.78, 5) is 16.8. The Bertz CT molecular complexity index is 1480. The van der Waals surface area contributed by atoms with Crippen molar-refractivity contribution in [3.8, 4) is 33.9 Å². The Balaban J connectivity index is 1.58. The number of thioether (sulfide) groups is 1. The number of halogens is 2. The average molecular weight is 474 g/mol. The van der Waals surface area contributed by atoms with E-state index in [0.29, 0.717) is 45.5 Å². The maximum absolute atomic E-state index is 14.5. The van der Waals surface area contributed by atoms with Gasteiger partial charge >= 0.3 is 0 Å². The van der Waals surface area contributed by atoms with Gasteiger partial charge in [-0.25, -0.2) is 15.0 Å². The van der Waals surface area contributed by atoms with Gasteiger partial charge in [-0.05, 0) is 48.4 Å². The first-order chi connectivity index (χ1) is 16.5. The monoisotopic (exact) mass is 473 g/mol. The molecule has 0 saturated heterocycles. The van der Waals surface area contributed by atoms with Gasteiger partial charge in [-0.15, -0.1) is 0 Å². The second-order valence-electron chi connectivity index (χ2n) is 8.00. The summed E-state index contributed by atoms with van der Waals surface area (Å²) in [5, 5.41) is 0.455. The van der Waals surface area contributed by atoms with Gasteiger partial charge in [0.05, 0.1) is 11.9 Å². The standard InChI is InChI=1S/C25H17F2N5OS/c26-22-11-15(5-8-29-22)19-12-18-21(13-31-19)33-20-4-3-14(16-2-1-7-30-23(16)27)10-17(20)25(18)6-9-34-24(28)32-25/h1-5,7-8,10-13H,6,9H2,(H2,28,32)/t25-/m1/s1. The van der Waals surface area contributed by atoms with Crippen molar-refractivity contribution in [3.63, 3.8) is 0 Å². The van der Waals surface area contributed by atoms with Gasteiger partial charge in [0.2, 0.25) is 11.9 Å². The molecule has 5 heterocycles. The van der Waals surface area contributed by atoms with Gasteiger partial charge in [-0.2, -0.15) is 8.78 Å². The Morgan fingerprint density at radius 2 is 1.79 bits per heavy atom. The molecule has 0 unspecified atom stereocenters. The summed E-state index contributed by atoms with van der Waals surface area (Å²) < 4.78 is 34.5. The van der Waals surface area contributed by atoms with Crippen LogP contribution in [0.3, 0.4) is 0 Å². The fourth-order valence-corrected chi connectivity index (χ4v) is 5.34. The molecule has 2 aliphatic rings. The van der Waals surface area contributed by atoms with E-state index < -0.39 is 17.4 Å². The van der Waals surface area contributed by atoms with Gasteiger partial charge in [0.15, 0.2) is 10.9 Å².